The van der Waals surface area contributed by atoms with Gasteiger partial charge in [-0.3, -0.25) is 0 Å². The largest absolute Gasteiger partial charge is 0.496 e. The average molecular weight is 230 g/mol. The molecule has 0 spiro atoms. The number of rotatable bonds is 2. The third-order valence-corrected chi connectivity index (χ3v) is 3.84. The number of aromatic nitrogens is 1. The molecule has 90 valence electrons. The predicted molar refractivity (Wildman–Crippen MR) is 69.7 cm³/mol. The van der Waals surface area contributed by atoms with Gasteiger partial charge in [0.1, 0.15) is 5.75 Å². The molecule has 1 atom stereocenters. The molecule has 1 aromatic carbocycles. The maximum atomic E-state index is 5.50. The van der Waals surface area contributed by atoms with Gasteiger partial charge in [-0.2, -0.15) is 0 Å². The summed E-state index contributed by atoms with van der Waals surface area (Å²) in [6.45, 7) is 0. The molecular formula is C14H18N2O. The number of hydrogen-bond acceptors (Lipinski definition) is 2. The zero-order valence-electron chi connectivity index (χ0n) is 10.6. The summed E-state index contributed by atoms with van der Waals surface area (Å²) in [7, 11) is 6.05. The zero-order valence-corrected chi connectivity index (χ0v) is 10.6. The van der Waals surface area contributed by atoms with Crippen LogP contribution in [0.15, 0.2) is 18.3 Å². The number of hydrogen-bond donors (Lipinski definition) is 1. The van der Waals surface area contributed by atoms with Gasteiger partial charge in [0, 0.05) is 28.7 Å². The topological polar surface area (TPSA) is 28.3 Å². The summed E-state index contributed by atoms with van der Waals surface area (Å²) < 4.78 is 5.50. The Hall–Kier alpha value is -1.48. The Bertz CT molecular complexity index is 557. The first kappa shape index (κ1) is 10.7. The fourth-order valence-electron chi connectivity index (χ4n) is 2.83. The second kappa shape index (κ2) is 3.77. The van der Waals surface area contributed by atoms with Gasteiger partial charge in [0.05, 0.1) is 7.11 Å². The third-order valence-electron chi connectivity index (χ3n) is 3.84. The Morgan fingerprint density at radius 2 is 2.12 bits per heavy atom. The van der Waals surface area contributed by atoms with Crippen molar-refractivity contribution in [1.29, 1.82) is 0 Å². The van der Waals surface area contributed by atoms with Gasteiger partial charge in [0.2, 0.25) is 0 Å². The Kier molecular flexibility index (Phi) is 2.37. The molecule has 2 aromatic rings. The molecule has 1 aliphatic carbocycles. The van der Waals surface area contributed by atoms with E-state index in [0.29, 0.717) is 6.04 Å². The molecule has 1 heterocycles. The first-order valence-electron chi connectivity index (χ1n) is 6.03. The SMILES string of the molecule is COc1ccc2[nH]cc3c2c1C[C@@H](N(C)C)C3. The number of methoxy groups -OCH3 is 1. The van der Waals surface area contributed by atoms with E-state index in [4.69, 9.17) is 4.74 Å². The molecule has 0 bridgehead atoms. The van der Waals surface area contributed by atoms with Gasteiger partial charge in [-0.05, 0) is 44.6 Å². The average Bonchev–Trinajstić information content (AvgIpc) is 2.74. The first-order chi connectivity index (χ1) is 8.20. The molecule has 0 fully saturated rings. The van der Waals surface area contributed by atoms with E-state index in [1.165, 1.54) is 22.0 Å². The second-order valence-electron chi connectivity index (χ2n) is 5.01. The molecule has 3 rings (SSSR count). The molecule has 0 aliphatic heterocycles. The molecule has 0 saturated carbocycles. The summed E-state index contributed by atoms with van der Waals surface area (Å²) in [5.41, 5.74) is 4.00. The number of aromatic amines is 1. The quantitative estimate of drug-likeness (QED) is 0.856. The highest BCUT2D eigenvalue weighted by Gasteiger charge is 2.25. The smallest absolute Gasteiger partial charge is 0.122 e. The third kappa shape index (κ3) is 1.53. The normalized spacial score (nSPS) is 18.9. The van der Waals surface area contributed by atoms with Crippen molar-refractivity contribution in [2.45, 2.75) is 18.9 Å². The lowest BCUT2D eigenvalue weighted by atomic mass is 9.88. The lowest BCUT2D eigenvalue weighted by molar-refractivity contribution is 0.284. The Morgan fingerprint density at radius 3 is 2.82 bits per heavy atom. The summed E-state index contributed by atoms with van der Waals surface area (Å²) in [5, 5.41) is 1.38. The minimum Gasteiger partial charge on any atom is -0.496 e. The number of benzene rings is 1. The lowest BCUT2D eigenvalue weighted by Crippen LogP contribution is -2.34. The highest BCUT2D eigenvalue weighted by Crippen LogP contribution is 2.36. The van der Waals surface area contributed by atoms with Crippen LogP contribution in [-0.4, -0.2) is 37.1 Å². The second-order valence-corrected chi connectivity index (χ2v) is 5.01. The van der Waals surface area contributed by atoms with Crippen molar-refractivity contribution in [2.24, 2.45) is 0 Å². The van der Waals surface area contributed by atoms with E-state index in [1.807, 2.05) is 0 Å². The molecule has 1 aromatic heterocycles. The Labute approximate surface area is 101 Å². The van der Waals surface area contributed by atoms with Crippen molar-refractivity contribution in [3.8, 4) is 5.75 Å². The van der Waals surface area contributed by atoms with Crippen LogP contribution in [0, 0.1) is 0 Å². The van der Waals surface area contributed by atoms with E-state index in [-0.39, 0.29) is 0 Å². The van der Waals surface area contributed by atoms with Gasteiger partial charge in [0.15, 0.2) is 0 Å². The molecule has 1 aliphatic rings. The van der Waals surface area contributed by atoms with Gasteiger partial charge in [-0.15, -0.1) is 0 Å². The highest BCUT2D eigenvalue weighted by atomic mass is 16.5. The summed E-state index contributed by atoms with van der Waals surface area (Å²) in [6.07, 6.45) is 4.33. The van der Waals surface area contributed by atoms with Crippen molar-refractivity contribution in [2.75, 3.05) is 21.2 Å². The van der Waals surface area contributed by atoms with Crippen LogP contribution in [0.3, 0.4) is 0 Å². The first-order valence-corrected chi connectivity index (χ1v) is 6.03. The van der Waals surface area contributed by atoms with Gasteiger partial charge in [0.25, 0.3) is 0 Å². The molecule has 0 unspecified atom stereocenters. The molecule has 3 nitrogen and oxygen atoms in total. The van der Waals surface area contributed by atoms with Crippen LogP contribution < -0.4 is 4.74 Å². The molecule has 3 heteroatoms. The van der Waals surface area contributed by atoms with Crippen LogP contribution in [0.4, 0.5) is 0 Å². The van der Waals surface area contributed by atoms with E-state index < -0.39 is 0 Å². The Balaban J connectivity index is 2.20. The minimum absolute atomic E-state index is 0.567. The van der Waals surface area contributed by atoms with Crippen molar-refractivity contribution in [1.82, 2.24) is 9.88 Å². The van der Waals surface area contributed by atoms with Crippen molar-refractivity contribution >= 4 is 10.9 Å². The predicted octanol–water partition coefficient (Wildman–Crippen LogP) is 2.21. The van der Waals surface area contributed by atoms with Crippen LogP contribution in [0.25, 0.3) is 10.9 Å². The number of likely N-dealkylation sites (N-methyl/N-ethyl adjacent to an activating group) is 1. The fourth-order valence-corrected chi connectivity index (χ4v) is 2.83. The zero-order chi connectivity index (χ0) is 12.0. The number of H-pyrrole nitrogens is 1. The van der Waals surface area contributed by atoms with Crippen LogP contribution in [0.5, 0.6) is 5.75 Å². The molecule has 17 heavy (non-hydrogen) atoms. The number of nitrogens with one attached hydrogen (secondary N) is 1. The summed E-state index contributed by atoms with van der Waals surface area (Å²) in [5.74, 6) is 1.02. The molecule has 0 radical (unpaired) electrons. The van der Waals surface area contributed by atoms with Crippen molar-refractivity contribution in [3.63, 3.8) is 0 Å². The number of nitrogens with zero attached hydrogens (tertiary/aromatic N) is 1. The van der Waals surface area contributed by atoms with Gasteiger partial charge < -0.3 is 14.6 Å². The molecule has 1 N–H and O–H groups in total. The summed E-state index contributed by atoms with van der Waals surface area (Å²) in [4.78, 5) is 5.66. The molecular weight excluding hydrogens is 212 g/mol. The van der Waals surface area contributed by atoms with Crippen LogP contribution >= 0.6 is 0 Å². The van der Waals surface area contributed by atoms with Gasteiger partial charge >= 0.3 is 0 Å². The summed E-state index contributed by atoms with van der Waals surface area (Å²) >= 11 is 0. The maximum Gasteiger partial charge on any atom is 0.122 e. The minimum atomic E-state index is 0.567. The standard InChI is InChI=1S/C14H18N2O/c1-16(2)10-6-9-8-15-12-4-5-13(17-3)11(7-10)14(9)12/h4-5,8,10,15H,6-7H2,1-3H3/t10-/m0/s1. The maximum absolute atomic E-state index is 5.50. The van der Waals surface area contributed by atoms with Crippen molar-refractivity contribution in [3.05, 3.63) is 29.5 Å². The number of ether oxygens (including phenoxy) is 1. The van der Waals surface area contributed by atoms with Gasteiger partial charge in [-0.25, -0.2) is 0 Å². The molecule has 0 amide bonds. The van der Waals surface area contributed by atoms with Crippen molar-refractivity contribution < 1.29 is 4.74 Å². The van der Waals surface area contributed by atoms with Crippen LogP contribution in [-0.2, 0) is 12.8 Å². The van der Waals surface area contributed by atoms with E-state index in [9.17, 15) is 0 Å². The summed E-state index contributed by atoms with van der Waals surface area (Å²) in [6, 6.07) is 4.74. The van der Waals surface area contributed by atoms with E-state index in [1.54, 1.807) is 7.11 Å². The van der Waals surface area contributed by atoms with Gasteiger partial charge in [-0.1, -0.05) is 0 Å². The monoisotopic (exact) mass is 230 g/mol. The fraction of sp³-hybridized carbons (Fsp3) is 0.429. The lowest BCUT2D eigenvalue weighted by Gasteiger charge is -2.29. The van der Waals surface area contributed by atoms with E-state index >= 15 is 0 Å². The highest BCUT2D eigenvalue weighted by molar-refractivity contribution is 5.89. The Morgan fingerprint density at radius 1 is 1.29 bits per heavy atom. The molecule has 0 saturated heterocycles. The van der Waals surface area contributed by atoms with Crippen LogP contribution in [0.2, 0.25) is 0 Å². The van der Waals surface area contributed by atoms with E-state index in [0.717, 1.165) is 18.6 Å². The van der Waals surface area contributed by atoms with Crippen LogP contribution in [0.1, 0.15) is 11.1 Å². The van der Waals surface area contributed by atoms with E-state index in [2.05, 4.69) is 42.3 Å².